The summed E-state index contributed by atoms with van der Waals surface area (Å²) >= 11 is 0. The number of carbonyl (C=O) groups excluding carboxylic acids is 1. The summed E-state index contributed by atoms with van der Waals surface area (Å²) in [5, 5.41) is 2.77. The molecule has 1 aliphatic heterocycles. The monoisotopic (exact) mass is 311 g/mol. The lowest BCUT2D eigenvalue weighted by molar-refractivity contribution is 0.0932. The van der Waals surface area contributed by atoms with Crippen LogP contribution in [0.1, 0.15) is 21.6 Å². The maximum absolute atomic E-state index is 11.9. The van der Waals surface area contributed by atoms with E-state index >= 15 is 0 Å². The van der Waals surface area contributed by atoms with Crippen LogP contribution in [0.3, 0.4) is 0 Å². The summed E-state index contributed by atoms with van der Waals surface area (Å²) in [4.78, 5) is 18.5. The van der Waals surface area contributed by atoms with Crippen LogP contribution >= 0.6 is 0 Å². The number of rotatable bonds is 5. The highest BCUT2D eigenvalue weighted by atomic mass is 16.5. The smallest absolute Gasteiger partial charge is 0.269 e. The van der Waals surface area contributed by atoms with Gasteiger partial charge in [0.15, 0.2) is 0 Å². The number of anilines is 1. The van der Waals surface area contributed by atoms with Gasteiger partial charge in [-0.15, -0.1) is 0 Å². The number of pyridine rings is 1. The van der Waals surface area contributed by atoms with Gasteiger partial charge in [-0.25, -0.2) is 4.98 Å². The van der Waals surface area contributed by atoms with Gasteiger partial charge in [0, 0.05) is 26.7 Å². The predicted molar refractivity (Wildman–Crippen MR) is 89.6 cm³/mol. The number of methoxy groups -OCH3 is 1. The SMILES string of the molecule is COCCNC(=O)c1ccc(N2CCc3ccccc3C2)cn1. The molecule has 1 aromatic carbocycles. The quantitative estimate of drug-likeness (QED) is 0.858. The minimum absolute atomic E-state index is 0.169. The third-order valence-corrected chi connectivity index (χ3v) is 4.07. The van der Waals surface area contributed by atoms with Gasteiger partial charge in [-0.1, -0.05) is 24.3 Å². The molecule has 0 aliphatic carbocycles. The van der Waals surface area contributed by atoms with Crippen molar-refractivity contribution in [3.8, 4) is 0 Å². The summed E-state index contributed by atoms with van der Waals surface area (Å²) in [7, 11) is 1.61. The van der Waals surface area contributed by atoms with E-state index in [0.29, 0.717) is 18.8 Å². The van der Waals surface area contributed by atoms with Crippen LogP contribution in [0, 0.1) is 0 Å². The van der Waals surface area contributed by atoms with E-state index in [2.05, 4.69) is 39.5 Å². The van der Waals surface area contributed by atoms with Crippen molar-refractivity contribution in [2.45, 2.75) is 13.0 Å². The number of amides is 1. The van der Waals surface area contributed by atoms with Gasteiger partial charge in [-0.2, -0.15) is 0 Å². The van der Waals surface area contributed by atoms with Gasteiger partial charge >= 0.3 is 0 Å². The predicted octanol–water partition coefficient (Wildman–Crippen LogP) is 2.02. The molecular weight excluding hydrogens is 290 g/mol. The van der Waals surface area contributed by atoms with E-state index in [1.54, 1.807) is 19.4 Å². The molecule has 3 rings (SSSR count). The normalized spacial score (nSPS) is 13.5. The standard InChI is InChI=1S/C18H21N3O2/c1-23-11-9-19-18(22)17-7-6-16(12-20-17)21-10-8-14-4-2-3-5-15(14)13-21/h2-7,12H,8-11,13H2,1H3,(H,19,22). The van der Waals surface area contributed by atoms with E-state index in [1.165, 1.54) is 11.1 Å². The second kappa shape index (κ2) is 7.24. The highest BCUT2D eigenvalue weighted by Gasteiger charge is 2.16. The molecule has 1 amide bonds. The number of benzene rings is 1. The summed E-state index contributed by atoms with van der Waals surface area (Å²) in [5.74, 6) is -0.169. The Balaban J connectivity index is 1.65. The second-order valence-corrected chi connectivity index (χ2v) is 5.59. The highest BCUT2D eigenvalue weighted by Crippen LogP contribution is 2.23. The molecule has 1 aliphatic rings. The number of hydrogen-bond donors (Lipinski definition) is 1. The summed E-state index contributed by atoms with van der Waals surface area (Å²) in [6, 6.07) is 12.3. The number of ether oxygens (including phenoxy) is 1. The van der Waals surface area contributed by atoms with Crippen molar-refractivity contribution in [1.29, 1.82) is 0 Å². The molecule has 1 N–H and O–H groups in total. The minimum Gasteiger partial charge on any atom is -0.383 e. The van der Waals surface area contributed by atoms with Gasteiger partial charge in [0.1, 0.15) is 5.69 Å². The van der Waals surface area contributed by atoms with Crippen LogP contribution in [-0.2, 0) is 17.7 Å². The molecule has 23 heavy (non-hydrogen) atoms. The third-order valence-electron chi connectivity index (χ3n) is 4.07. The van der Waals surface area contributed by atoms with Gasteiger partial charge in [0.2, 0.25) is 0 Å². The van der Waals surface area contributed by atoms with Gasteiger partial charge in [0.25, 0.3) is 5.91 Å². The van der Waals surface area contributed by atoms with Crippen LogP contribution in [0.2, 0.25) is 0 Å². The summed E-state index contributed by atoms with van der Waals surface area (Å²) in [6.45, 7) is 2.84. The van der Waals surface area contributed by atoms with Crippen molar-refractivity contribution in [2.24, 2.45) is 0 Å². The summed E-state index contributed by atoms with van der Waals surface area (Å²) in [6.07, 6.45) is 2.81. The lowest BCUT2D eigenvalue weighted by Crippen LogP contribution is -2.31. The van der Waals surface area contributed by atoms with Crippen molar-refractivity contribution >= 4 is 11.6 Å². The first-order chi connectivity index (χ1) is 11.3. The molecule has 0 spiro atoms. The van der Waals surface area contributed by atoms with Crippen LogP contribution in [0.5, 0.6) is 0 Å². The number of nitrogens with one attached hydrogen (secondary N) is 1. The fourth-order valence-corrected chi connectivity index (χ4v) is 2.78. The molecule has 0 saturated heterocycles. The summed E-state index contributed by atoms with van der Waals surface area (Å²) < 4.78 is 4.91. The zero-order chi connectivity index (χ0) is 16.1. The Morgan fingerprint density at radius 1 is 1.26 bits per heavy atom. The Bertz CT molecular complexity index is 670. The lowest BCUT2D eigenvalue weighted by Gasteiger charge is -2.30. The molecule has 5 nitrogen and oxygen atoms in total. The molecule has 2 aromatic rings. The van der Waals surface area contributed by atoms with Crippen molar-refractivity contribution in [3.63, 3.8) is 0 Å². The first kappa shape index (κ1) is 15.5. The zero-order valence-corrected chi connectivity index (χ0v) is 13.3. The van der Waals surface area contributed by atoms with Crippen LogP contribution < -0.4 is 10.2 Å². The Hall–Kier alpha value is -2.40. The molecule has 5 heteroatoms. The number of fused-ring (bicyclic) bond motifs is 1. The van der Waals surface area contributed by atoms with E-state index in [1.807, 2.05) is 6.07 Å². The fourth-order valence-electron chi connectivity index (χ4n) is 2.78. The molecular formula is C18H21N3O2. The first-order valence-corrected chi connectivity index (χ1v) is 7.83. The Morgan fingerprint density at radius 2 is 2.09 bits per heavy atom. The summed E-state index contributed by atoms with van der Waals surface area (Å²) in [5.41, 5.74) is 4.26. The first-order valence-electron chi connectivity index (χ1n) is 7.83. The molecule has 0 saturated carbocycles. The number of nitrogens with zero attached hydrogens (tertiary/aromatic N) is 2. The Kier molecular flexibility index (Phi) is 4.88. The van der Waals surface area contributed by atoms with Crippen molar-refractivity contribution in [3.05, 3.63) is 59.4 Å². The number of carbonyl (C=O) groups is 1. The maximum atomic E-state index is 11.9. The van der Waals surface area contributed by atoms with Gasteiger partial charge in [-0.3, -0.25) is 4.79 Å². The fraction of sp³-hybridized carbons (Fsp3) is 0.333. The van der Waals surface area contributed by atoms with E-state index < -0.39 is 0 Å². The molecule has 120 valence electrons. The third kappa shape index (κ3) is 3.68. The lowest BCUT2D eigenvalue weighted by atomic mass is 10.00. The minimum atomic E-state index is -0.169. The van der Waals surface area contributed by atoms with E-state index in [9.17, 15) is 4.79 Å². The highest BCUT2D eigenvalue weighted by molar-refractivity contribution is 5.92. The van der Waals surface area contributed by atoms with Gasteiger partial charge in [-0.05, 0) is 29.7 Å². The van der Waals surface area contributed by atoms with Gasteiger partial charge in [0.05, 0.1) is 18.5 Å². The van der Waals surface area contributed by atoms with E-state index in [0.717, 1.165) is 25.2 Å². The van der Waals surface area contributed by atoms with Crippen molar-refractivity contribution < 1.29 is 9.53 Å². The van der Waals surface area contributed by atoms with Crippen molar-refractivity contribution in [1.82, 2.24) is 10.3 Å². The topological polar surface area (TPSA) is 54.5 Å². The molecule has 0 radical (unpaired) electrons. The van der Waals surface area contributed by atoms with Crippen LogP contribution in [0.15, 0.2) is 42.6 Å². The van der Waals surface area contributed by atoms with Crippen molar-refractivity contribution in [2.75, 3.05) is 31.7 Å². The van der Waals surface area contributed by atoms with Gasteiger partial charge < -0.3 is 15.0 Å². The largest absolute Gasteiger partial charge is 0.383 e. The molecule has 0 bridgehead atoms. The number of aromatic nitrogens is 1. The Morgan fingerprint density at radius 3 is 2.83 bits per heavy atom. The zero-order valence-electron chi connectivity index (χ0n) is 13.3. The molecule has 0 unspecified atom stereocenters. The molecule has 0 fully saturated rings. The Labute approximate surface area is 136 Å². The maximum Gasteiger partial charge on any atom is 0.269 e. The average molecular weight is 311 g/mol. The average Bonchev–Trinajstić information content (AvgIpc) is 2.61. The molecule has 2 heterocycles. The van der Waals surface area contributed by atoms with E-state index in [4.69, 9.17) is 4.74 Å². The molecule has 0 atom stereocenters. The van der Waals surface area contributed by atoms with Crippen LogP contribution in [0.4, 0.5) is 5.69 Å². The van der Waals surface area contributed by atoms with Crippen LogP contribution in [-0.4, -0.2) is 37.7 Å². The molecule has 1 aromatic heterocycles. The second-order valence-electron chi connectivity index (χ2n) is 5.59. The van der Waals surface area contributed by atoms with Crippen LogP contribution in [0.25, 0.3) is 0 Å². The number of hydrogen-bond acceptors (Lipinski definition) is 4. The van der Waals surface area contributed by atoms with E-state index in [-0.39, 0.29) is 5.91 Å².